The Bertz CT molecular complexity index is 654. The maximum Gasteiger partial charge on any atom is 0.319 e. The van der Waals surface area contributed by atoms with Crippen LogP contribution in [0.25, 0.3) is 0 Å². The van der Waals surface area contributed by atoms with Crippen LogP contribution < -0.4 is 11.1 Å². The molecule has 106 valence electrons. The Morgan fingerprint density at radius 2 is 1.52 bits per heavy atom. The molecule has 6 nitrogen and oxygen atoms in total. The van der Waals surface area contributed by atoms with Gasteiger partial charge in [0.15, 0.2) is 5.84 Å². The first-order valence-corrected chi connectivity index (χ1v) is 6.17. The molecule has 6 heteroatoms. The number of benzene rings is 2. The van der Waals surface area contributed by atoms with Gasteiger partial charge in [-0.05, 0) is 12.1 Å². The zero-order chi connectivity index (χ0) is 15.1. The lowest BCUT2D eigenvalue weighted by Gasteiger charge is -2.05. The lowest BCUT2D eigenvalue weighted by atomic mass is 10.2. The van der Waals surface area contributed by atoms with Gasteiger partial charge < -0.3 is 10.6 Å². The molecule has 0 aliphatic carbocycles. The Morgan fingerprint density at radius 1 is 1.00 bits per heavy atom. The highest BCUT2D eigenvalue weighted by molar-refractivity contribution is 6.03. The maximum absolute atomic E-state index is 11.8. The van der Waals surface area contributed by atoms with E-state index >= 15 is 0 Å². The third kappa shape index (κ3) is 4.17. The van der Waals surface area contributed by atoms with E-state index < -0.39 is 11.9 Å². The van der Waals surface area contributed by atoms with Crippen LogP contribution in [0.2, 0.25) is 0 Å². The van der Waals surface area contributed by atoms with E-state index in [1.54, 1.807) is 54.6 Å². The molecule has 0 saturated carbocycles. The van der Waals surface area contributed by atoms with Crippen molar-refractivity contribution in [2.45, 2.75) is 0 Å². The predicted octanol–water partition coefficient (Wildman–Crippen LogP) is 1.69. The Balaban J connectivity index is 1.92. The van der Waals surface area contributed by atoms with E-state index in [9.17, 15) is 4.79 Å². The van der Waals surface area contributed by atoms with Crippen LogP contribution in [0.5, 0.6) is 0 Å². The van der Waals surface area contributed by atoms with Gasteiger partial charge in [0, 0.05) is 11.1 Å². The van der Waals surface area contributed by atoms with Crippen LogP contribution in [0.1, 0.15) is 15.9 Å². The lowest BCUT2D eigenvalue weighted by molar-refractivity contribution is 0.0965. The van der Waals surface area contributed by atoms with Crippen molar-refractivity contribution in [3.63, 3.8) is 0 Å². The monoisotopic (exact) mass is 282 g/mol. The summed E-state index contributed by atoms with van der Waals surface area (Å²) < 4.78 is 0. The van der Waals surface area contributed by atoms with Crippen molar-refractivity contribution < 1.29 is 9.63 Å². The first-order chi connectivity index (χ1) is 10.2. The van der Waals surface area contributed by atoms with Crippen LogP contribution in [0.3, 0.4) is 0 Å². The molecular weight excluding hydrogens is 268 g/mol. The second kappa shape index (κ2) is 6.85. The van der Waals surface area contributed by atoms with Gasteiger partial charge in [0.05, 0.1) is 0 Å². The third-order valence-corrected chi connectivity index (χ3v) is 2.57. The summed E-state index contributed by atoms with van der Waals surface area (Å²) in [5, 5.41) is 13.4. The van der Waals surface area contributed by atoms with Crippen LogP contribution in [0.4, 0.5) is 0 Å². The zero-order valence-electron chi connectivity index (χ0n) is 11.1. The van der Waals surface area contributed by atoms with Gasteiger partial charge in [-0.25, -0.2) is 5.41 Å². The van der Waals surface area contributed by atoms with Gasteiger partial charge >= 0.3 is 6.02 Å². The summed E-state index contributed by atoms with van der Waals surface area (Å²) in [4.78, 5) is 16.5. The van der Waals surface area contributed by atoms with Gasteiger partial charge in [-0.2, -0.15) is 0 Å². The van der Waals surface area contributed by atoms with Crippen molar-refractivity contribution in [1.29, 1.82) is 5.41 Å². The van der Waals surface area contributed by atoms with Gasteiger partial charge in [-0.1, -0.05) is 53.7 Å². The lowest BCUT2D eigenvalue weighted by Crippen LogP contribution is -2.31. The van der Waals surface area contributed by atoms with Crippen LogP contribution >= 0.6 is 0 Å². The molecule has 4 N–H and O–H groups in total. The molecule has 2 aromatic carbocycles. The minimum absolute atomic E-state index is 0.120. The molecule has 0 aliphatic rings. The second-order valence-electron chi connectivity index (χ2n) is 4.08. The molecule has 0 saturated heterocycles. The van der Waals surface area contributed by atoms with E-state index in [1.165, 1.54) is 0 Å². The highest BCUT2D eigenvalue weighted by atomic mass is 16.6. The van der Waals surface area contributed by atoms with Gasteiger partial charge in [-0.3, -0.25) is 10.1 Å². The largest absolute Gasteiger partial charge is 0.380 e. The van der Waals surface area contributed by atoms with E-state index in [1.807, 2.05) is 6.07 Å². The predicted molar refractivity (Wildman–Crippen MR) is 79.9 cm³/mol. The second-order valence-corrected chi connectivity index (χ2v) is 4.08. The standard InChI is InChI=1S/C15H14N4O2/c16-13(11-7-3-1-4-8-11)19-21-15(17)18-14(20)12-9-5-2-6-10-12/h1-10H,(H2,16,19)(H2,17,18,20). The van der Waals surface area contributed by atoms with Gasteiger partial charge in [-0.15, -0.1) is 0 Å². The maximum atomic E-state index is 11.8. The smallest absolute Gasteiger partial charge is 0.319 e. The fraction of sp³-hybridized carbons (Fsp3) is 0. The Kier molecular flexibility index (Phi) is 4.66. The summed E-state index contributed by atoms with van der Waals surface area (Å²) in [7, 11) is 0. The van der Waals surface area contributed by atoms with Crippen molar-refractivity contribution in [2.75, 3.05) is 0 Å². The number of nitrogens with one attached hydrogen (secondary N) is 2. The minimum atomic E-state index is -0.497. The van der Waals surface area contributed by atoms with E-state index in [0.717, 1.165) is 0 Å². The molecule has 21 heavy (non-hydrogen) atoms. The summed E-state index contributed by atoms with van der Waals surface area (Å²) in [5.74, 6) is -0.330. The molecule has 0 radical (unpaired) electrons. The first kappa shape index (κ1) is 14.3. The quantitative estimate of drug-likeness (QED) is 0.453. The number of nitrogens with two attached hydrogens (primary N) is 1. The van der Waals surface area contributed by atoms with Crippen molar-refractivity contribution in [1.82, 2.24) is 5.32 Å². The number of nitrogens with zero attached hydrogens (tertiary/aromatic N) is 1. The zero-order valence-corrected chi connectivity index (χ0v) is 11.1. The van der Waals surface area contributed by atoms with E-state index in [4.69, 9.17) is 16.0 Å². The number of carbonyl (C=O) groups excluding carboxylic acids is 1. The summed E-state index contributed by atoms with van der Waals surface area (Å²) >= 11 is 0. The molecule has 2 aromatic rings. The van der Waals surface area contributed by atoms with E-state index in [2.05, 4.69) is 10.5 Å². The first-order valence-electron chi connectivity index (χ1n) is 6.17. The molecule has 0 spiro atoms. The highest BCUT2D eigenvalue weighted by Crippen LogP contribution is 1.99. The molecule has 1 amide bonds. The fourth-order valence-electron chi connectivity index (χ4n) is 1.54. The summed E-state index contributed by atoms with van der Waals surface area (Å²) in [6.07, 6.45) is 0. The summed E-state index contributed by atoms with van der Waals surface area (Å²) in [5.41, 5.74) is 6.79. The molecular formula is C15H14N4O2. The summed E-state index contributed by atoms with van der Waals surface area (Å²) in [6, 6.07) is 17.0. The fourth-order valence-corrected chi connectivity index (χ4v) is 1.54. The molecule has 0 heterocycles. The van der Waals surface area contributed by atoms with Crippen molar-refractivity contribution in [3.8, 4) is 0 Å². The SMILES string of the molecule is N=C(NC(=O)c1ccccc1)O/N=C(\N)c1ccccc1. The number of carbonyl (C=O) groups is 1. The van der Waals surface area contributed by atoms with Crippen LogP contribution in [0, 0.1) is 5.41 Å². The highest BCUT2D eigenvalue weighted by Gasteiger charge is 2.08. The molecule has 0 bridgehead atoms. The molecule has 0 aromatic heterocycles. The molecule has 2 rings (SSSR count). The Hall–Kier alpha value is -3.15. The van der Waals surface area contributed by atoms with Gasteiger partial charge in [0.1, 0.15) is 0 Å². The third-order valence-electron chi connectivity index (χ3n) is 2.57. The van der Waals surface area contributed by atoms with Crippen molar-refractivity contribution in [3.05, 3.63) is 71.8 Å². The van der Waals surface area contributed by atoms with Crippen LogP contribution in [-0.2, 0) is 4.84 Å². The summed E-state index contributed by atoms with van der Waals surface area (Å²) in [6.45, 7) is 0. The van der Waals surface area contributed by atoms with Gasteiger partial charge in [0.2, 0.25) is 0 Å². The Labute approximate surface area is 121 Å². The average molecular weight is 282 g/mol. The minimum Gasteiger partial charge on any atom is -0.380 e. The molecule has 0 unspecified atom stereocenters. The van der Waals surface area contributed by atoms with Crippen LogP contribution in [-0.4, -0.2) is 17.8 Å². The molecule has 0 aliphatic heterocycles. The molecule has 0 fully saturated rings. The number of amidine groups is 2. The number of rotatable bonds is 3. The topological polar surface area (TPSA) is 101 Å². The normalized spacial score (nSPS) is 10.8. The Morgan fingerprint density at radius 3 is 2.10 bits per heavy atom. The van der Waals surface area contributed by atoms with Crippen LogP contribution in [0.15, 0.2) is 65.8 Å². The van der Waals surface area contributed by atoms with E-state index in [0.29, 0.717) is 11.1 Å². The average Bonchev–Trinajstić information content (AvgIpc) is 2.54. The van der Waals surface area contributed by atoms with Crippen molar-refractivity contribution in [2.24, 2.45) is 10.9 Å². The van der Waals surface area contributed by atoms with Gasteiger partial charge in [0.25, 0.3) is 5.91 Å². The number of hydrogen-bond donors (Lipinski definition) is 3. The number of oxime groups is 1. The number of amides is 1. The van der Waals surface area contributed by atoms with Crippen molar-refractivity contribution >= 4 is 17.8 Å². The number of hydrogen-bond acceptors (Lipinski definition) is 4. The van der Waals surface area contributed by atoms with E-state index in [-0.39, 0.29) is 5.84 Å². The molecule has 0 atom stereocenters.